The molecule has 1 saturated heterocycles. The lowest BCUT2D eigenvalue weighted by Gasteiger charge is -2.47. The summed E-state index contributed by atoms with van der Waals surface area (Å²) in [6, 6.07) is -0.488. The first-order chi connectivity index (χ1) is 9.62. The summed E-state index contributed by atoms with van der Waals surface area (Å²) in [7, 11) is 0. The van der Waals surface area contributed by atoms with Gasteiger partial charge in [0.15, 0.2) is 0 Å². The summed E-state index contributed by atoms with van der Waals surface area (Å²) in [4.78, 5) is 27.6. The molecular weight excluding hydrogens is 264 g/mol. The lowest BCUT2D eigenvalue weighted by Crippen LogP contribution is -2.69. The van der Waals surface area contributed by atoms with Crippen molar-refractivity contribution in [2.45, 2.75) is 78.9 Å². The monoisotopic (exact) mass is 294 g/mol. The van der Waals surface area contributed by atoms with Gasteiger partial charge in [0.2, 0.25) is 11.8 Å². The molecule has 1 aliphatic carbocycles. The Balaban J connectivity index is 2.33. The quantitative estimate of drug-likeness (QED) is 0.851. The number of carbonyl (C=O) groups is 2. The predicted octanol–water partition coefficient (Wildman–Crippen LogP) is 2.57. The van der Waals surface area contributed by atoms with Crippen LogP contribution in [0.15, 0.2) is 0 Å². The highest BCUT2D eigenvalue weighted by molar-refractivity contribution is 5.97. The number of hydrogen-bond acceptors (Lipinski definition) is 2. The van der Waals surface area contributed by atoms with E-state index >= 15 is 0 Å². The fraction of sp³-hybridized carbons (Fsp3) is 0.882. The lowest BCUT2D eigenvalue weighted by atomic mass is 9.82. The van der Waals surface area contributed by atoms with E-state index in [0.717, 1.165) is 19.3 Å². The molecule has 120 valence electrons. The summed E-state index contributed by atoms with van der Waals surface area (Å²) in [5, 5.41) is 2.97. The molecule has 4 unspecified atom stereocenters. The smallest absolute Gasteiger partial charge is 0.246 e. The van der Waals surface area contributed by atoms with Crippen LogP contribution in [-0.2, 0) is 9.59 Å². The van der Waals surface area contributed by atoms with Gasteiger partial charge in [-0.05, 0) is 36.5 Å². The number of amides is 2. The number of piperazine rings is 1. The zero-order chi connectivity index (χ0) is 15.9. The number of hydrogen-bond donors (Lipinski definition) is 1. The van der Waals surface area contributed by atoms with Gasteiger partial charge in [0.25, 0.3) is 0 Å². The van der Waals surface area contributed by atoms with Gasteiger partial charge in [0.1, 0.15) is 12.1 Å². The van der Waals surface area contributed by atoms with Crippen molar-refractivity contribution >= 4 is 11.8 Å². The fourth-order valence-electron chi connectivity index (χ4n) is 3.75. The second kappa shape index (κ2) is 5.62. The van der Waals surface area contributed by atoms with Crippen LogP contribution >= 0.6 is 0 Å². The second-order valence-electron chi connectivity index (χ2n) is 8.31. The van der Waals surface area contributed by atoms with Crippen molar-refractivity contribution in [3.05, 3.63) is 0 Å². The highest BCUT2D eigenvalue weighted by Gasteiger charge is 2.49. The Bertz CT molecular complexity index is 425. The molecule has 0 aromatic carbocycles. The Hall–Kier alpha value is -1.06. The summed E-state index contributed by atoms with van der Waals surface area (Å²) >= 11 is 0. The standard InChI is InChI=1S/C17H30N2O2/c1-10(2)13-15(20)18-14(17(4,5)6)16(21)19(13)12-8-7-11(3)9-12/h10-14H,7-9H2,1-6H3,(H,18,20). The molecule has 1 heterocycles. The van der Waals surface area contributed by atoms with E-state index in [1.165, 1.54) is 0 Å². The van der Waals surface area contributed by atoms with Crippen LogP contribution in [-0.4, -0.2) is 34.8 Å². The first kappa shape index (κ1) is 16.3. The molecule has 4 atom stereocenters. The molecule has 2 aliphatic rings. The minimum absolute atomic E-state index is 0.0177. The molecule has 2 rings (SSSR count). The molecular formula is C17H30N2O2. The minimum Gasteiger partial charge on any atom is -0.342 e. The molecule has 0 aromatic heterocycles. The maximum Gasteiger partial charge on any atom is 0.246 e. The van der Waals surface area contributed by atoms with E-state index in [0.29, 0.717) is 5.92 Å². The van der Waals surface area contributed by atoms with Gasteiger partial charge in [0.05, 0.1) is 0 Å². The summed E-state index contributed by atoms with van der Waals surface area (Å²) in [5.41, 5.74) is -0.253. The van der Waals surface area contributed by atoms with Crippen molar-refractivity contribution in [2.75, 3.05) is 0 Å². The summed E-state index contributed by atoms with van der Waals surface area (Å²) in [6.07, 6.45) is 3.21. The Morgan fingerprint density at radius 2 is 1.81 bits per heavy atom. The number of carbonyl (C=O) groups excluding carboxylic acids is 2. The molecule has 0 spiro atoms. The van der Waals surface area contributed by atoms with Crippen LogP contribution in [0.4, 0.5) is 0 Å². The third kappa shape index (κ3) is 3.09. The first-order valence-electron chi connectivity index (χ1n) is 8.25. The van der Waals surface area contributed by atoms with Gasteiger partial charge in [-0.3, -0.25) is 9.59 Å². The molecule has 2 fully saturated rings. The predicted molar refractivity (Wildman–Crippen MR) is 83.7 cm³/mol. The van der Waals surface area contributed by atoms with Crippen molar-refractivity contribution in [3.8, 4) is 0 Å². The Morgan fingerprint density at radius 1 is 1.19 bits per heavy atom. The van der Waals surface area contributed by atoms with Crippen LogP contribution < -0.4 is 5.32 Å². The van der Waals surface area contributed by atoms with E-state index in [4.69, 9.17) is 0 Å². The van der Waals surface area contributed by atoms with Crippen molar-refractivity contribution in [1.29, 1.82) is 0 Å². The molecule has 0 aromatic rings. The molecule has 4 nitrogen and oxygen atoms in total. The van der Waals surface area contributed by atoms with Gasteiger partial charge >= 0.3 is 0 Å². The van der Waals surface area contributed by atoms with Gasteiger partial charge in [-0.15, -0.1) is 0 Å². The fourth-order valence-corrected chi connectivity index (χ4v) is 3.75. The van der Waals surface area contributed by atoms with Gasteiger partial charge < -0.3 is 10.2 Å². The van der Waals surface area contributed by atoms with Gasteiger partial charge in [-0.1, -0.05) is 41.5 Å². The maximum absolute atomic E-state index is 13.0. The Kier molecular flexibility index (Phi) is 4.36. The van der Waals surface area contributed by atoms with E-state index in [9.17, 15) is 9.59 Å². The van der Waals surface area contributed by atoms with Crippen molar-refractivity contribution in [2.24, 2.45) is 17.3 Å². The molecule has 0 bridgehead atoms. The maximum atomic E-state index is 13.0. The summed E-state index contributed by atoms with van der Waals surface area (Å²) in [5.74, 6) is 0.920. The van der Waals surface area contributed by atoms with Crippen LogP contribution in [0.3, 0.4) is 0 Å². The Morgan fingerprint density at radius 3 is 2.24 bits per heavy atom. The first-order valence-corrected chi connectivity index (χ1v) is 8.25. The molecule has 21 heavy (non-hydrogen) atoms. The van der Waals surface area contributed by atoms with E-state index < -0.39 is 6.04 Å². The molecule has 0 radical (unpaired) electrons. The van der Waals surface area contributed by atoms with Crippen molar-refractivity contribution in [1.82, 2.24) is 10.2 Å². The molecule has 2 amide bonds. The molecule has 1 aliphatic heterocycles. The number of nitrogens with one attached hydrogen (secondary N) is 1. The highest BCUT2D eigenvalue weighted by Crippen LogP contribution is 2.35. The van der Waals surface area contributed by atoms with Gasteiger partial charge in [0, 0.05) is 6.04 Å². The summed E-state index contributed by atoms with van der Waals surface area (Å²) < 4.78 is 0. The second-order valence-corrected chi connectivity index (χ2v) is 8.31. The molecule has 4 heteroatoms. The largest absolute Gasteiger partial charge is 0.342 e. The summed E-state index contributed by atoms with van der Waals surface area (Å²) in [6.45, 7) is 12.3. The van der Waals surface area contributed by atoms with Crippen LogP contribution in [0, 0.1) is 17.3 Å². The topological polar surface area (TPSA) is 49.4 Å². The van der Waals surface area contributed by atoms with Crippen LogP contribution in [0.2, 0.25) is 0 Å². The highest BCUT2D eigenvalue weighted by atomic mass is 16.2. The SMILES string of the molecule is CC1CCC(N2C(=O)C(C(C)(C)C)NC(=O)C2C(C)C)C1. The third-order valence-corrected chi connectivity index (χ3v) is 4.91. The van der Waals surface area contributed by atoms with Crippen molar-refractivity contribution in [3.63, 3.8) is 0 Å². The molecule has 1 N–H and O–H groups in total. The third-order valence-electron chi connectivity index (χ3n) is 4.91. The van der Waals surface area contributed by atoms with E-state index in [2.05, 4.69) is 12.2 Å². The van der Waals surface area contributed by atoms with Crippen LogP contribution in [0.1, 0.15) is 60.8 Å². The lowest BCUT2D eigenvalue weighted by molar-refractivity contribution is -0.157. The zero-order valence-electron chi connectivity index (χ0n) is 14.3. The average Bonchev–Trinajstić information content (AvgIpc) is 2.75. The van der Waals surface area contributed by atoms with Crippen molar-refractivity contribution < 1.29 is 9.59 Å². The number of rotatable bonds is 2. The Labute approximate surface area is 128 Å². The zero-order valence-corrected chi connectivity index (χ0v) is 14.3. The number of nitrogens with zero attached hydrogens (tertiary/aromatic N) is 1. The van der Waals surface area contributed by atoms with Gasteiger partial charge in [-0.2, -0.15) is 0 Å². The molecule has 1 saturated carbocycles. The van der Waals surface area contributed by atoms with E-state index in [1.807, 2.05) is 39.5 Å². The average molecular weight is 294 g/mol. The van der Waals surface area contributed by atoms with E-state index in [1.54, 1.807) is 0 Å². The minimum atomic E-state index is -0.407. The van der Waals surface area contributed by atoms with E-state index in [-0.39, 0.29) is 35.2 Å². The van der Waals surface area contributed by atoms with Crippen LogP contribution in [0.5, 0.6) is 0 Å². The van der Waals surface area contributed by atoms with Gasteiger partial charge in [-0.25, -0.2) is 0 Å². The normalized spacial score (nSPS) is 34.5. The van der Waals surface area contributed by atoms with Crippen LogP contribution in [0.25, 0.3) is 0 Å².